The molecule has 0 saturated carbocycles. The molecule has 0 heterocycles. The Kier molecular flexibility index (Phi) is 5.98. The molecule has 2 N–H and O–H groups in total. The molecule has 0 bridgehead atoms. The van der Waals surface area contributed by atoms with E-state index in [0.29, 0.717) is 4.99 Å². The molecule has 0 aliphatic rings. The van der Waals surface area contributed by atoms with Gasteiger partial charge in [-0.15, -0.1) is 0 Å². The van der Waals surface area contributed by atoms with Crippen molar-refractivity contribution in [3.63, 3.8) is 0 Å². The van der Waals surface area contributed by atoms with Crippen LogP contribution in [0.4, 0.5) is 0 Å². The molecule has 0 fully saturated rings. The molecular formula is C14H21NOS. The number of rotatable bonds is 7. The summed E-state index contributed by atoms with van der Waals surface area (Å²) >= 11 is 5.03. The first-order valence-corrected chi connectivity index (χ1v) is 6.59. The Hall–Kier alpha value is -1.09. The van der Waals surface area contributed by atoms with Crippen LogP contribution in [0.1, 0.15) is 43.7 Å². The third-order valence-electron chi connectivity index (χ3n) is 2.72. The Bertz CT molecular complexity index is 376. The van der Waals surface area contributed by atoms with E-state index in [9.17, 15) is 0 Å². The molecule has 0 saturated heterocycles. The summed E-state index contributed by atoms with van der Waals surface area (Å²) in [6.45, 7) is 4.96. The maximum atomic E-state index is 5.81. The van der Waals surface area contributed by atoms with Crippen molar-refractivity contribution in [2.24, 2.45) is 5.73 Å². The van der Waals surface area contributed by atoms with Crippen molar-refractivity contribution >= 4 is 17.2 Å². The van der Waals surface area contributed by atoms with Gasteiger partial charge in [-0.05, 0) is 25.0 Å². The van der Waals surface area contributed by atoms with Gasteiger partial charge in [0, 0.05) is 0 Å². The quantitative estimate of drug-likeness (QED) is 0.594. The topological polar surface area (TPSA) is 35.2 Å². The highest BCUT2D eigenvalue weighted by molar-refractivity contribution is 7.80. The highest BCUT2D eigenvalue weighted by atomic mass is 32.1. The van der Waals surface area contributed by atoms with Gasteiger partial charge in [-0.1, -0.05) is 50.5 Å². The average Bonchev–Trinajstić information content (AvgIpc) is 2.30. The van der Waals surface area contributed by atoms with Crippen LogP contribution in [0.3, 0.4) is 0 Å². The van der Waals surface area contributed by atoms with Crippen LogP contribution < -0.4 is 10.5 Å². The molecule has 0 atom stereocenters. The first-order chi connectivity index (χ1) is 8.16. The van der Waals surface area contributed by atoms with Crippen molar-refractivity contribution in [3.8, 4) is 5.75 Å². The minimum atomic E-state index is 0.400. The molecule has 17 heavy (non-hydrogen) atoms. The van der Waals surface area contributed by atoms with Crippen molar-refractivity contribution in [1.82, 2.24) is 0 Å². The average molecular weight is 251 g/mol. The number of hydrogen-bond donors (Lipinski definition) is 1. The SMILES string of the molecule is CCCCCCOc1c(C)cccc1C(N)=S. The van der Waals surface area contributed by atoms with E-state index in [1.54, 1.807) is 0 Å². The minimum absolute atomic E-state index is 0.400. The van der Waals surface area contributed by atoms with Crippen LogP contribution in [0.15, 0.2) is 18.2 Å². The highest BCUT2D eigenvalue weighted by Crippen LogP contribution is 2.23. The van der Waals surface area contributed by atoms with Gasteiger partial charge in [0.25, 0.3) is 0 Å². The number of unbranched alkanes of at least 4 members (excludes halogenated alkanes) is 3. The predicted molar refractivity (Wildman–Crippen MR) is 76.7 cm³/mol. The monoisotopic (exact) mass is 251 g/mol. The summed E-state index contributed by atoms with van der Waals surface area (Å²) in [5.74, 6) is 0.844. The Labute approximate surface area is 109 Å². The Morgan fingerprint density at radius 1 is 1.29 bits per heavy atom. The second kappa shape index (κ2) is 7.28. The molecule has 0 unspecified atom stereocenters. The Balaban J connectivity index is 2.60. The van der Waals surface area contributed by atoms with E-state index in [2.05, 4.69) is 6.92 Å². The van der Waals surface area contributed by atoms with Crippen molar-refractivity contribution in [2.45, 2.75) is 39.5 Å². The summed E-state index contributed by atoms with van der Waals surface area (Å²) in [5.41, 5.74) is 7.62. The van der Waals surface area contributed by atoms with Crippen molar-refractivity contribution in [3.05, 3.63) is 29.3 Å². The lowest BCUT2D eigenvalue weighted by Crippen LogP contribution is -2.13. The number of benzene rings is 1. The third-order valence-corrected chi connectivity index (χ3v) is 2.94. The zero-order chi connectivity index (χ0) is 12.7. The molecule has 0 aliphatic heterocycles. The molecule has 0 spiro atoms. The van der Waals surface area contributed by atoms with Crippen LogP contribution in [-0.2, 0) is 0 Å². The van der Waals surface area contributed by atoms with Crippen LogP contribution in [0.5, 0.6) is 5.75 Å². The molecular weight excluding hydrogens is 230 g/mol. The molecule has 0 amide bonds. The van der Waals surface area contributed by atoms with Crippen molar-refractivity contribution < 1.29 is 4.74 Å². The zero-order valence-corrected chi connectivity index (χ0v) is 11.5. The van der Waals surface area contributed by atoms with Gasteiger partial charge >= 0.3 is 0 Å². The van der Waals surface area contributed by atoms with Crippen LogP contribution >= 0.6 is 12.2 Å². The largest absolute Gasteiger partial charge is 0.493 e. The van der Waals surface area contributed by atoms with Gasteiger partial charge in [-0.3, -0.25) is 0 Å². The van der Waals surface area contributed by atoms with Gasteiger partial charge in [0.2, 0.25) is 0 Å². The number of hydrogen-bond acceptors (Lipinski definition) is 2. The van der Waals surface area contributed by atoms with Crippen LogP contribution in [-0.4, -0.2) is 11.6 Å². The molecule has 1 aromatic rings. The molecule has 0 radical (unpaired) electrons. The van der Waals surface area contributed by atoms with Gasteiger partial charge in [0.15, 0.2) is 0 Å². The van der Waals surface area contributed by atoms with Crippen LogP contribution in [0.2, 0.25) is 0 Å². The van der Waals surface area contributed by atoms with Gasteiger partial charge in [-0.2, -0.15) is 0 Å². The molecule has 0 aromatic heterocycles. The fraction of sp³-hybridized carbons (Fsp3) is 0.500. The molecule has 0 aliphatic carbocycles. The first kappa shape index (κ1) is 14.0. The van der Waals surface area contributed by atoms with Gasteiger partial charge in [0.05, 0.1) is 12.2 Å². The van der Waals surface area contributed by atoms with Crippen molar-refractivity contribution in [1.29, 1.82) is 0 Å². The maximum Gasteiger partial charge on any atom is 0.132 e. The van der Waals surface area contributed by atoms with E-state index in [4.69, 9.17) is 22.7 Å². The second-order valence-electron chi connectivity index (χ2n) is 4.22. The standard InChI is InChI=1S/C14H21NOS/c1-3-4-5-6-10-16-13-11(2)8-7-9-12(13)14(15)17/h7-9H,3-6,10H2,1-2H3,(H2,15,17). The van der Waals surface area contributed by atoms with Crippen molar-refractivity contribution in [2.75, 3.05) is 6.61 Å². The number of ether oxygens (including phenoxy) is 1. The van der Waals surface area contributed by atoms with Gasteiger partial charge in [0.1, 0.15) is 10.7 Å². The van der Waals surface area contributed by atoms with E-state index in [0.717, 1.165) is 29.9 Å². The summed E-state index contributed by atoms with van der Waals surface area (Å²) in [6.07, 6.45) is 4.80. The van der Waals surface area contributed by atoms with Gasteiger partial charge < -0.3 is 10.5 Å². The lowest BCUT2D eigenvalue weighted by atomic mass is 10.1. The molecule has 3 heteroatoms. The molecule has 2 nitrogen and oxygen atoms in total. The van der Waals surface area contributed by atoms with E-state index in [1.807, 2.05) is 25.1 Å². The van der Waals surface area contributed by atoms with E-state index in [1.165, 1.54) is 19.3 Å². The van der Waals surface area contributed by atoms with E-state index >= 15 is 0 Å². The zero-order valence-electron chi connectivity index (χ0n) is 10.7. The number of thiocarbonyl (C=S) groups is 1. The third kappa shape index (κ3) is 4.35. The summed E-state index contributed by atoms with van der Waals surface area (Å²) in [7, 11) is 0. The predicted octanol–water partition coefficient (Wildman–Crippen LogP) is 3.59. The van der Waals surface area contributed by atoms with E-state index < -0.39 is 0 Å². The fourth-order valence-electron chi connectivity index (χ4n) is 1.74. The highest BCUT2D eigenvalue weighted by Gasteiger charge is 2.08. The first-order valence-electron chi connectivity index (χ1n) is 6.19. The number of aryl methyl sites for hydroxylation is 1. The minimum Gasteiger partial charge on any atom is -0.493 e. The number of nitrogens with two attached hydrogens (primary N) is 1. The van der Waals surface area contributed by atoms with Crippen LogP contribution in [0.25, 0.3) is 0 Å². The van der Waals surface area contributed by atoms with Crippen LogP contribution in [0, 0.1) is 6.92 Å². The lowest BCUT2D eigenvalue weighted by Gasteiger charge is -2.13. The van der Waals surface area contributed by atoms with E-state index in [-0.39, 0.29) is 0 Å². The summed E-state index contributed by atoms with van der Waals surface area (Å²) in [4.78, 5) is 0.400. The smallest absolute Gasteiger partial charge is 0.132 e. The Morgan fingerprint density at radius 2 is 2.06 bits per heavy atom. The summed E-state index contributed by atoms with van der Waals surface area (Å²) in [5, 5.41) is 0. The molecule has 1 rings (SSSR count). The Morgan fingerprint density at radius 3 is 2.71 bits per heavy atom. The number of para-hydroxylation sites is 1. The van der Waals surface area contributed by atoms with Gasteiger partial charge in [-0.25, -0.2) is 0 Å². The lowest BCUT2D eigenvalue weighted by molar-refractivity contribution is 0.302. The summed E-state index contributed by atoms with van der Waals surface area (Å²) in [6, 6.07) is 5.88. The maximum absolute atomic E-state index is 5.81. The normalized spacial score (nSPS) is 10.2. The molecule has 94 valence electrons. The second-order valence-corrected chi connectivity index (χ2v) is 4.66. The summed E-state index contributed by atoms with van der Waals surface area (Å²) < 4.78 is 5.81. The molecule has 1 aromatic carbocycles. The fourth-order valence-corrected chi connectivity index (χ4v) is 1.90.